The largest absolute Gasteiger partial charge is 0.573 e. The quantitative estimate of drug-likeness (QED) is 0.723. The van der Waals surface area contributed by atoms with E-state index >= 15 is 0 Å². The van der Waals surface area contributed by atoms with Gasteiger partial charge in [-0.05, 0) is 38.9 Å². The number of aryl methyl sites for hydroxylation is 1. The first-order valence-corrected chi connectivity index (χ1v) is 9.29. The van der Waals surface area contributed by atoms with Crippen LogP contribution in [-0.4, -0.2) is 44.1 Å². The fourth-order valence-corrected chi connectivity index (χ4v) is 4.61. The molecule has 27 heavy (non-hydrogen) atoms. The third-order valence-electron chi connectivity index (χ3n) is 4.50. The molecule has 0 radical (unpaired) electrons. The monoisotopic (exact) mass is 398 g/mol. The van der Waals surface area contributed by atoms with Gasteiger partial charge in [0.05, 0.1) is 10.9 Å². The molecule has 0 saturated carbocycles. The van der Waals surface area contributed by atoms with E-state index in [0.29, 0.717) is 21.2 Å². The Morgan fingerprint density at radius 1 is 1.22 bits per heavy atom. The molecule has 3 heterocycles. The number of ether oxygens (including phenoxy) is 1. The van der Waals surface area contributed by atoms with Crippen LogP contribution in [0.1, 0.15) is 35.1 Å². The van der Waals surface area contributed by atoms with Gasteiger partial charge in [-0.3, -0.25) is 4.90 Å². The van der Waals surface area contributed by atoms with Crippen molar-refractivity contribution >= 4 is 16.3 Å². The van der Waals surface area contributed by atoms with Crippen molar-refractivity contribution in [2.24, 2.45) is 0 Å². The highest BCUT2D eigenvalue weighted by Gasteiger charge is 2.36. The first-order valence-electron chi connectivity index (χ1n) is 8.47. The second-order valence-electron chi connectivity index (χ2n) is 6.37. The molecule has 0 amide bonds. The highest BCUT2D eigenvalue weighted by molar-refractivity contribution is 7.17. The van der Waals surface area contributed by atoms with E-state index < -0.39 is 12.4 Å². The minimum Gasteiger partial charge on any atom is -0.492 e. The number of halogens is 3. The number of alkyl halides is 3. The number of fused-ring (bicyclic) bond motifs is 1. The van der Waals surface area contributed by atoms with Crippen LogP contribution in [0.2, 0.25) is 0 Å². The van der Waals surface area contributed by atoms with E-state index in [0.717, 1.165) is 25.9 Å². The van der Waals surface area contributed by atoms with Crippen molar-refractivity contribution in [3.63, 3.8) is 0 Å². The van der Waals surface area contributed by atoms with Gasteiger partial charge in [-0.1, -0.05) is 29.5 Å². The number of hydrogen-bond donors (Lipinski definition) is 1. The van der Waals surface area contributed by atoms with Crippen LogP contribution in [0, 0.1) is 6.92 Å². The number of rotatable bonds is 4. The van der Waals surface area contributed by atoms with Gasteiger partial charge in [0, 0.05) is 5.56 Å². The summed E-state index contributed by atoms with van der Waals surface area (Å²) in [7, 11) is 0. The van der Waals surface area contributed by atoms with Crippen molar-refractivity contribution in [3.05, 3.63) is 40.5 Å². The van der Waals surface area contributed by atoms with Gasteiger partial charge in [0.2, 0.25) is 10.8 Å². The van der Waals surface area contributed by atoms with E-state index in [4.69, 9.17) is 0 Å². The minimum atomic E-state index is -4.80. The lowest BCUT2D eigenvalue weighted by molar-refractivity contribution is -0.275. The Morgan fingerprint density at radius 3 is 2.59 bits per heavy atom. The highest BCUT2D eigenvalue weighted by Crippen LogP contribution is 2.44. The number of nitrogens with zero attached hydrogens (tertiary/aromatic N) is 4. The van der Waals surface area contributed by atoms with Crippen molar-refractivity contribution in [2.75, 3.05) is 13.1 Å². The number of aromatic nitrogens is 3. The molecule has 0 spiro atoms. The highest BCUT2D eigenvalue weighted by atomic mass is 32.1. The van der Waals surface area contributed by atoms with Crippen LogP contribution in [0.4, 0.5) is 13.2 Å². The number of hydrogen-bond acceptors (Lipinski definition) is 6. The fraction of sp³-hybridized carbons (Fsp3) is 0.412. The third-order valence-corrected chi connectivity index (χ3v) is 5.57. The van der Waals surface area contributed by atoms with E-state index in [1.165, 1.54) is 28.0 Å². The van der Waals surface area contributed by atoms with E-state index in [2.05, 4.69) is 19.7 Å². The lowest BCUT2D eigenvalue weighted by Gasteiger charge is -2.28. The Kier molecular flexibility index (Phi) is 4.47. The van der Waals surface area contributed by atoms with Gasteiger partial charge < -0.3 is 9.84 Å². The van der Waals surface area contributed by atoms with Crippen LogP contribution in [0.3, 0.4) is 0 Å². The summed E-state index contributed by atoms with van der Waals surface area (Å²) in [4.78, 5) is 7.32. The lowest BCUT2D eigenvalue weighted by Crippen LogP contribution is -2.27. The topological polar surface area (TPSA) is 62.9 Å². The normalized spacial score (nSPS) is 16.9. The van der Waals surface area contributed by atoms with Crippen molar-refractivity contribution < 1.29 is 23.0 Å². The number of likely N-dealkylation sites (tertiary alicyclic amines) is 1. The van der Waals surface area contributed by atoms with Crippen molar-refractivity contribution in [2.45, 2.75) is 32.2 Å². The van der Waals surface area contributed by atoms with Gasteiger partial charge >= 0.3 is 6.36 Å². The summed E-state index contributed by atoms with van der Waals surface area (Å²) >= 11 is 1.22. The molecule has 1 fully saturated rings. The zero-order valence-electron chi connectivity index (χ0n) is 14.4. The number of aromatic hydroxyl groups is 1. The maximum Gasteiger partial charge on any atom is 0.573 e. The molecule has 144 valence electrons. The Bertz CT molecular complexity index is 963. The van der Waals surface area contributed by atoms with E-state index in [-0.39, 0.29) is 11.6 Å². The Balaban J connectivity index is 1.85. The maximum atomic E-state index is 12.9. The first-order chi connectivity index (χ1) is 12.8. The average Bonchev–Trinajstić information content (AvgIpc) is 3.29. The molecule has 1 N–H and O–H groups in total. The first kappa shape index (κ1) is 18.1. The molecular formula is C17H17F3N4O2S. The molecule has 1 aliphatic heterocycles. The maximum absolute atomic E-state index is 12.9. The van der Waals surface area contributed by atoms with Gasteiger partial charge in [0.15, 0.2) is 0 Å². The van der Waals surface area contributed by atoms with Crippen LogP contribution in [0.15, 0.2) is 24.3 Å². The van der Waals surface area contributed by atoms with Crippen LogP contribution < -0.4 is 4.74 Å². The molecular weight excluding hydrogens is 381 g/mol. The SMILES string of the molecule is Cc1nc2sc([C@H](c3ccccc3OC(F)(F)F)N3CCCC3)c(O)n2n1. The molecule has 4 rings (SSSR count). The third kappa shape index (κ3) is 3.46. The summed E-state index contributed by atoms with van der Waals surface area (Å²) in [6.07, 6.45) is -2.91. The minimum absolute atomic E-state index is 0.102. The second-order valence-corrected chi connectivity index (χ2v) is 7.38. The number of thiazole rings is 1. The van der Waals surface area contributed by atoms with Crippen molar-refractivity contribution in [3.8, 4) is 11.6 Å². The zero-order chi connectivity index (χ0) is 19.2. The van der Waals surface area contributed by atoms with Crippen molar-refractivity contribution in [1.82, 2.24) is 19.5 Å². The Morgan fingerprint density at radius 2 is 1.93 bits per heavy atom. The summed E-state index contributed by atoms with van der Waals surface area (Å²) in [6.45, 7) is 3.15. The van der Waals surface area contributed by atoms with Gasteiger partial charge in [-0.2, -0.15) is 4.52 Å². The molecule has 3 aromatic rings. The molecule has 0 aliphatic carbocycles. The predicted molar refractivity (Wildman–Crippen MR) is 93.0 cm³/mol. The van der Waals surface area contributed by atoms with Gasteiger partial charge in [0.1, 0.15) is 11.6 Å². The summed E-state index contributed by atoms with van der Waals surface area (Å²) in [5, 5.41) is 14.9. The molecule has 1 atom stereocenters. The van der Waals surface area contributed by atoms with E-state index in [1.807, 2.05) is 0 Å². The molecule has 2 aromatic heterocycles. The van der Waals surface area contributed by atoms with E-state index in [1.54, 1.807) is 19.1 Å². The lowest BCUT2D eigenvalue weighted by atomic mass is 10.0. The number of para-hydroxylation sites is 1. The molecule has 1 aromatic carbocycles. The molecule has 1 saturated heterocycles. The average molecular weight is 398 g/mol. The summed E-state index contributed by atoms with van der Waals surface area (Å²) in [6, 6.07) is 5.49. The molecule has 6 nitrogen and oxygen atoms in total. The smallest absolute Gasteiger partial charge is 0.492 e. The predicted octanol–water partition coefficient (Wildman–Crippen LogP) is 3.89. The zero-order valence-corrected chi connectivity index (χ0v) is 15.2. The van der Waals surface area contributed by atoms with Gasteiger partial charge in [-0.15, -0.1) is 18.3 Å². The fourth-order valence-electron chi connectivity index (χ4n) is 3.45. The van der Waals surface area contributed by atoms with Gasteiger partial charge in [-0.25, -0.2) is 4.98 Å². The molecule has 0 bridgehead atoms. The van der Waals surface area contributed by atoms with E-state index in [9.17, 15) is 18.3 Å². The van der Waals surface area contributed by atoms with Crippen LogP contribution in [0.5, 0.6) is 11.6 Å². The molecule has 1 aliphatic rings. The summed E-state index contributed by atoms with van der Waals surface area (Å²) < 4.78 is 44.3. The van der Waals surface area contributed by atoms with Crippen LogP contribution >= 0.6 is 11.3 Å². The Labute approximate surface area is 156 Å². The van der Waals surface area contributed by atoms with Crippen LogP contribution in [-0.2, 0) is 0 Å². The number of benzene rings is 1. The standard InChI is InChI=1S/C17H17F3N4O2S/c1-10-21-16-24(22-10)15(25)14(27-16)13(23-8-4-5-9-23)11-6-2-3-7-12(11)26-17(18,19)20/h2-3,6-7,13,25H,4-5,8-9H2,1H3/t13-/m0/s1. The van der Waals surface area contributed by atoms with Gasteiger partial charge in [0.25, 0.3) is 0 Å². The summed E-state index contributed by atoms with van der Waals surface area (Å²) in [5.41, 5.74) is 0.355. The van der Waals surface area contributed by atoms with Crippen molar-refractivity contribution in [1.29, 1.82) is 0 Å². The molecule has 0 unspecified atom stereocenters. The molecule has 10 heteroatoms. The van der Waals surface area contributed by atoms with Crippen LogP contribution in [0.25, 0.3) is 4.96 Å². The summed E-state index contributed by atoms with van der Waals surface area (Å²) in [5.74, 6) is 0.146. The second kappa shape index (κ2) is 6.68. The Hall–Kier alpha value is -2.33.